The number of hydrogen-bond acceptors (Lipinski definition) is 0. The summed E-state index contributed by atoms with van der Waals surface area (Å²) in [5.74, 6) is -0.107. The van der Waals surface area contributed by atoms with Crippen molar-refractivity contribution in [3.8, 4) is 55.6 Å². The number of aryl methyl sites for hydroxylation is 1. The van der Waals surface area contributed by atoms with Crippen molar-refractivity contribution in [2.75, 3.05) is 0 Å². The quantitative estimate of drug-likeness (QED) is 0.135. The van der Waals surface area contributed by atoms with Gasteiger partial charge in [0, 0.05) is 23.7 Å². The van der Waals surface area contributed by atoms with E-state index in [0.29, 0.717) is 12.0 Å². The molecule has 0 saturated heterocycles. The van der Waals surface area contributed by atoms with Gasteiger partial charge in [-0.2, -0.15) is 0 Å². The second-order valence-corrected chi connectivity index (χ2v) is 26.4. The van der Waals surface area contributed by atoms with Crippen LogP contribution in [0.5, 0.6) is 0 Å². The van der Waals surface area contributed by atoms with Crippen LogP contribution in [-0.4, -0.2) is 0 Å². The summed E-state index contributed by atoms with van der Waals surface area (Å²) in [6.07, 6.45) is 1.65. The van der Waals surface area contributed by atoms with E-state index in [1.54, 1.807) is 0 Å². The molecule has 0 radical (unpaired) electrons. The van der Waals surface area contributed by atoms with Crippen LogP contribution in [0.2, 0.25) is 0 Å². The molecule has 0 heterocycles. The fraction of sp³-hybridized carbons (Fsp3) is 0.172. The zero-order valence-electron chi connectivity index (χ0n) is 56.0. The second-order valence-electron chi connectivity index (χ2n) is 26.4. The Labute approximate surface area is 524 Å². The van der Waals surface area contributed by atoms with Crippen LogP contribution >= 0.6 is 0 Å². The highest BCUT2D eigenvalue weighted by Crippen LogP contribution is 2.54. The fourth-order valence-corrected chi connectivity index (χ4v) is 14.5. The van der Waals surface area contributed by atoms with E-state index in [0.717, 1.165) is 34.2 Å². The molecule has 0 saturated carbocycles. The van der Waals surface area contributed by atoms with Gasteiger partial charge in [0.25, 0.3) is 0 Å². The Morgan fingerprint density at radius 3 is 1.43 bits per heavy atom. The molecule has 14 rings (SSSR count). The SMILES string of the molecule is [2H]c1c([2H])c([2H])c(-c2ccc(C3c4ccccc4-c4cc(C(C)(C)C)ccc4C(c4ccccc4)c4ccc(C(C)(C)C)cc4-c4ccc(Cc5cccc(C6CC(c7c(-c8ccccc8)cccc7-c7ccccc7)c7ccccc76)c5)cc43)cc2C)c([2H])c1[2H]. The third kappa shape index (κ3) is 10.6. The van der Waals surface area contributed by atoms with E-state index in [-0.39, 0.29) is 64.2 Å². The summed E-state index contributed by atoms with van der Waals surface area (Å²) in [4.78, 5) is 0. The number of hydrogen-bond donors (Lipinski definition) is 0. The van der Waals surface area contributed by atoms with Gasteiger partial charge in [0.15, 0.2) is 0 Å². The third-order valence-corrected chi connectivity index (χ3v) is 18.8. The van der Waals surface area contributed by atoms with Crippen molar-refractivity contribution in [2.24, 2.45) is 0 Å². The molecule has 0 N–H and O–H groups in total. The van der Waals surface area contributed by atoms with Gasteiger partial charge in [-0.15, -0.1) is 0 Å². The van der Waals surface area contributed by atoms with Gasteiger partial charge in [-0.1, -0.05) is 327 Å². The summed E-state index contributed by atoms with van der Waals surface area (Å²) >= 11 is 0. The highest BCUT2D eigenvalue weighted by atomic mass is 14.4. The fourth-order valence-electron chi connectivity index (χ4n) is 14.5. The van der Waals surface area contributed by atoms with E-state index >= 15 is 0 Å². The first-order chi connectivity index (χ1) is 44.4. The smallest absolute Gasteiger partial charge is 0.0622 e. The number of rotatable bonds is 9. The standard InChI is InChI=1S/C87H76/c1-57-50-65(43-47-68(57)60-27-12-8-13-28-60)84-75-39-23-22-38-73(75)79-54-66(86(2,3)4)44-48-76(79)83(63-33-18-11-19-34-63)77-49-45-67(87(5,6)7)55-80(77)74-46-42-59(53-81(74)84)51-58-26-24-35-64(52-58)78-56-82(72-37-21-20-36-71(72)78)85-69(61-29-14-9-15-30-61)40-25-41-70(85)62-31-16-10-17-32-62/h8-50,52-55,78,82-84H,51,56H2,1-7H3/i8D,12D,13D,27D,28D. The van der Waals surface area contributed by atoms with E-state index in [1.165, 1.54) is 100 Å². The Morgan fingerprint density at radius 1 is 0.333 bits per heavy atom. The summed E-state index contributed by atoms with van der Waals surface area (Å²) in [5.41, 5.74) is 28.6. The molecule has 87 heavy (non-hydrogen) atoms. The maximum absolute atomic E-state index is 9.11. The van der Waals surface area contributed by atoms with Crippen molar-refractivity contribution < 1.29 is 6.85 Å². The molecule has 0 aliphatic heterocycles. The highest BCUT2D eigenvalue weighted by molar-refractivity contribution is 5.84. The van der Waals surface area contributed by atoms with Crippen LogP contribution in [0.1, 0.15) is 162 Å². The minimum Gasteiger partial charge on any atom is -0.0622 e. The molecule has 2 aliphatic rings. The second kappa shape index (κ2) is 22.8. The molecule has 0 bridgehead atoms. The Balaban J connectivity index is 0.968. The van der Waals surface area contributed by atoms with Crippen LogP contribution in [0.3, 0.4) is 0 Å². The van der Waals surface area contributed by atoms with Crippen molar-refractivity contribution in [1.29, 1.82) is 0 Å². The van der Waals surface area contributed by atoms with Gasteiger partial charge < -0.3 is 0 Å². The van der Waals surface area contributed by atoms with Crippen molar-refractivity contribution in [2.45, 2.75) is 95.8 Å². The molecule has 0 amide bonds. The molecular weight excluding hydrogens is 1040 g/mol. The largest absolute Gasteiger partial charge is 0.0629 e. The first-order valence-corrected chi connectivity index (χ1v) is 31.1. The maximum atomic E-state index is 9.11. The summed E-state index contributed by atoms with van der Waals surface area (Å²) < 4.78 is 44.0. The van der Waals surface area contributed by atoms with Gasteiger partial charge in [0.1, 0.15) is 0 Å². The average Bonchev–Trinajstić information content (AvgIpc) is 0.934. The predicted octanol–water partition coefficient (Wildman–Crippen LogP) is 22.9. The normalized spacial score (nSPS) is 17.0. The highest BCUT2D eigenvalue weighted by Gasteiger charge is 2.37. The van der Waals surface area contributed by atoms with Crippen LogP contribution in [0.4, 0.5) is 0 Å². The molecule has 4 atom stereocenters. The van der Waals surface area contributed by atoms with E-state index < -0.39 is 6.04 Å². The van der Waals surface area contributed by atoms with Crippen molar-refractivity contribution >= 4 is 0 Å². The molecular formula is C87H76. The summed E-state index contributed by atoms with van der Waals surface area (Å²) in [5, 5.41) is 0. The minimum atomic E-state index is -0.398. The molecule has 0 spiro atoms. The van der Waals surface area contributed by atoms with Gasteiger partial charge in [-0.05, 0) is 170 Å². The molecule has 12 aromatic carbocycles. The lowest BCUT2D eigenvalue weighted by molar-refractivity contribution is 0.590. The summed E-state index contributed by atoms with van der Waals surface area (Å²) in [7, 11) is 0. The zero-order valence-corrected chi connectivity index (χ0v) is 51.0. The Morgan fingerprint density at radius 2 is 0.816 bits per heavy atom. The van der Waals surface area contributed by atoms with Gasteiger partial charge in [-0.3, -0.25) is 0 Å². The third-order valence-electron chi connectivity index (χ3n) is 18.8. The van der Waals surface area contributed by atoms with Crippen LogP contribution < -0.4 is 0 Å². The Hall–Kier alpha value is -9.36. The minimum absolute atomic E-state index is 0.125. The lowest BCUT2D eigenvalue weighted by Gasteiger charge is -2.33. The molecule has 0 fully saturated rings. The molecule has 12 aromatic rings. The van der Waals surface area contributed by atoms with Crippen LogP contribution in [-0.2, 0) is 17.3 Å². The summed E-state index contributed by atoms with van der Waals surface area (Å²) in [6, 6.07) is 93.9. The predicted molar refractivity (Wildman–Crippen MR) is 367 cm³/mol. The van der Waals surface area contributed by atoms with Gasteiger partial charge in [-0.25, -0.2) is 0 Å². The van der Waals surface area contributed by atoms with E-state index in [9.17, 15) is 0 Å². The average molecular weight is 1130 g/mol. The van der Waals surface area contributed by atoms with Gasteiger partial charge in [0.05, 0.1) is 6.85 Å². The van der Waals surface area contributed by atoms with Gasteiger partial charge in [0.2, 0.25) is 0 Å². The molecule has 0 aromatic heterocycles. The first kappa shape index (κ1) is 49.9. The summed E-state index contributed by atoms with van der Waals surface area (Å²) in [6.45, 7) is 15.8. The van der Waals surface area contributed by atoms with Crippen LogP contribution in [0.25, 0.3) is 55.6 Å². The lowest BCUT2D eigenvalue weighted by atomic mass is 9.70. The van der Waals surface area contributed by atoms with E-state index in [2.05, 4.69) is 290 Å². The maximum Gasteiger partial charge on any atom is 0.0629 e. The Bertz CT molecular complexity index is 4710. The monoisotopic (exact) mass is 1130 g/mol. The lowest BCUT2D eigenvalue weighted by Crippen LogP contribution is -2.17. The van der Waals surface area contributed by atoms with Crippen molar-refractivity contribution in [3.05, 3.63) is 368 Å². The number of fused-ring (bicyclic) bond motifs is 7. The van der Waals surface area contributed by atoms with Gasteiger partial charge >= 0.3 is 0 Å². The Kier molecular flexibility index (Phi) is 13.1. The van der Waals surface area contributed by atoms with Crippen molar-refractivity contribution in [3.63, 3.8) is 0 Å². The first-order valence-electron chi connectivity index (χ1n) is 33.6. The van der Waals surface area contributed by atoms with E-state index in [1.807, 2.05) is 13.0 Å². The zero-order chi connectivity index (χ0) is 63.7. The molecule has 0 nitrogen and oxygen atoms in total. The molecule has 424 valence electrons. The van der Waals surface area contributed by atoms with Crippen molar-refractivity contribution in [1.82, 2.24) is 0 Å². The molecule has 2 aliphatic carbocycles. The van der Waals surface area contributed by atoms with Crippen LogP contribution in [0.15, 0.2) is 285 Å². The van der Waals surface area contributed by atoms with Crippen LogP contribution in [0, 0.1) is 6.92 Å². The molecule has 4 unspecified atom stereocenters. The topological polar surface area (TPSA) is 0 Å². The molecule has 0 heteroatoms. The van der Waals surface area contributed by atoms with E-state index in [4.69, 9.17) is 6.85 Å². The number of benzene rings is 12.